The molecule has 2 aromatic carbocycles. The van der Waals surface area contributed by atoms with Crippen LogP contribution in [0.25, 0.3) is 0 Å². The second-order valence-electron chi connectivity index (χ2n) is 9.86. The predicted molar refractivity (Wildman–Crippen MR) is 113 cm³/mol. The van der Waals surface area contributed by atoms with Crippen LogP contribution in [0.2, 0.25) is 0 Å². The van der Waals surface area contributed by atoms with E-state index < -0.39 is 15.8 Å². The molecule has 6 rings (SSSR count). The van der Waals surface area contributed by atoms with Crippen LogP contribution in [0.3, 0.4) is 0 Å². The second-order valence-corrected chi connectivity index (χ2v) is 11.9. The minimum absolute atomic E-state index is 0.00138. The maximum Gasteiger partial charge on any atom is 0.339 e. The van der Waals surface area contributed by atoms with Crippen LogP contribution in [0.15, 0.2) is 47.4 Å². The maximum atomic E-state index is 11.9. The Labute approximate surface area is 176 Å². The largest absolute Gasteiger partial charge is 0.507 e. The smallest absolute Gasteiger partial charge is 0.339 e. The first kappa shape index (κ1) is 19.6. The number of phenols is 1. The zero-order chi connectivity index (χ0) is 21.3. The highest BCUT2D eigenvalue weighted by Crippen LogP contribution is 2.66. The number of aromatic carboxylic acids is 1. The van der Waals surface area contributed by atoms with Crippen molar-refractivity contribution in [2.24, 2.45) is 11.8 Å². The zero-order valence-corrected chi connectivity index (χ0v) is 17.8. The molecule has 6 heteroatoms. The van der Waals surface area contributed by atoms with Crippen molar-refractivity contribution < 1.29 is 23.4 Å². The Morgan fingerprint density at radius 1 is 0.933 bits per heavy atom. The lowest BCUT2D eigenvalue weighted by Gasteiger charge is -2.63. The van der Waals surface area contributed by atoms with Crippen LogP contribution in [0.4, 0.5) is 0 Å². The summed E-state index contributed by atoms with van der Waals surface area (Å²) < 4.78 is 23.7. The highest BCUT2D eigenvalue weighted by molar-refractivity contribution is 7.90. The van der Waals surface area contributed by atoms with Gasteiger partial charge in [-0.2, -0.15) is 0 Å². The average Bonchev–Trinajstić information content (AvgIpc) is 2.66. The molecule has 158 valence electrons. The molecule has 2 aromatic rings. The first-order valence-corrected chi connectivity index (χ1v) is 12.4. The molecule has 4 aliphatic rings. The molecule has 5 nitrogen and oxygen atoms in total. The Balaban J connectivity index is 1.57. The van der Waals surface area contributed by atoms with Crippen LogP contribution in [0.1, 0.15) is 60.0 Å². The molecule has 4 saturated carbocycles. The predicted octanol–water partition coefficient (Wildman–Crippen LogP) is 4.28. The third-order valence-corrected chi connectivity index (χ3v) is 8.92. The summed E-state index contributed by atoms with van der Waals surface area (Å²) in [6.07, 6.45) is 7.70. The maximum absolute atomic E-state index is 11.9. The van der Waals surface area contributed by atoms with Crippen LogP contribution >= 0.6 is 0 Å². The molecule has 0 heterocycles. The van der Waals surface area contributed by atoms with Gasteiger partial charge in [0.2, 0.25) is 0 Å². The van der Waals surface area contributed by atoms with Gasteiger partial charge in [0.1, 0.15) is 11.3 Å². The lowest BCUT2D eigenvalue weighted by molar-refractivity contribution is -0.0281. The van der Waals surface area contributed by atoms with E-state index in [4.69, 9.17) is 0 Å². The number of carboxylic acids is 1. The van der Waals surface area contributed by atoms with Gasteiger partial charge in [0.25, 0.3) is 0 Å². The zero-order valence-electron chi connectivity index (χ0n) is 17.0. The molecule has 4 aliphatic carbocycles. The van der Waals surface area contributed by atoms with Crippen molar-refractivity contribution in [2.75, 3.05) is 6.26 Å². The highest BCUT2D eigenvalue weighted by atomic mass is 32.2. The summed E-state index contributed by atoms with van der Waals surface area (Å²) in [4.78, 5) is 11.9. The van der Waals surface area contributed by atoms with Gasteiger partial charge in [-0.15, -0.1) is 0 Å². The van der Waals surface area contributed by atoms with Crippen LogP contribution in [-0.4, -0.2) is 30.9 Å². The highest BCUT2D eigenvalue weighted by Gasteiger charge is 2.58. The molecule has 0 spiro atoms. The van der Waals surface area contributed by atoms with Gasteiger partial charge in [-0.1, -0.05) is 18.2 Å². The summed E-state index contributed by atoms with van der Waals surface area (Å²) in [5.74, 6) is -0.127. The molecule has 4 bridgehead atoms. The SMILES string of the molecule is CS(=O)(=O)c1ccc(C23CC4CC(C2)CC(c2ccc(O)c(C(=O)O)c2)(C4)C3)cc1. The quantitative estimate of drug-likeness (QED) is 0.761. The van der Waals surface area contributed by atoms with E-state index in [0.717, 1.165) is 37.7 Å². The van der Waals surface area contributed by atoms with Crippen molar-refractivity contribution in [3.05, 3.63) is 59.2 Å². The number of hydrogen-bond acceptors (Lipinski definition) is 4. The number of carboxylic acid groups (broad SMARTS) is 1. The summed E-state index contributed by atoms with van der Waals surface area (Å²) in [6.45, 7) is 0. The van der Waals surface area contributed by atoms with Gasteiger partial charge in [0.05, 0.1) is 4.90 Å². The molecule has 0 aromatic heterocycles. The van der Waals surface area contributed by atoms with E-state index in [-0.39, 0.29) is 22.1 Å². The average molecular weight is 427 g/mol. The summed E-state index contributed by atoms with van der Waals surface area (Å²) in [5, 5.41) is 19.5. The monoisotopic (exact) mass is 426 g/mol. The van der Waals surface area contributed by atoms with Crippen LogP contribution in [-0.2, 0) is 20.7 Å². The van der Waals surface area contributed by atoms with Crippen molar-refractivity contribution in [1.82, 2.24) is 0 Å². The molecule has 2 N–H and O–H groups in total. The van der Waals surface area contributed by atoms with Crippen molar-refractivity contribution >= 4 is 15.8 Å². The number of benzene rings is 2. The lowest BCUT2D eigenvalue weighted by atomic mass is 9.41. The van der Waals surface area contributed by atoms with Gasteiger partial charge in [-0.05, 0) is 96.6 Å². The van der Waals surface area contributed by atoms with Crippen LogP contribution in [0, 0.1) is 11.8 Å². The summed E-state index contributed by atoms with van der Waals surface area (Å²) in [6, 6.07) is 12.5. The first-order chi connectivity index (χ1) is 14.1. The van der Waals surface area contributed by atoms with E-state index in [2.05, 4.69) is 0 Å². The van der Waals surface area contributed by atoms with Gasteiger partial charge in [0, 0.05) is 6.26 Å². The second kappa shape index (κ2) is 6.33. The van der Waals surface area contributed by atoms with Crippen LogP contribution < -0.4 is 0 Å². The fraction of sp³-hybridized carbons (Fsp3) is 0.458. The molecule has 0 saturated heterocycles. The topological polar surface area (TPSA) is 91.7 Å². The molecule has 0 radical (unpaired) electrons. The Hall–Kier alpha value is -2.34. The summed E-state index contributed by atoms with van der Waals surface area (Å²) in [7, 11) is -3.23. The summed E-state index contributed by atoms with van der Waals surface area (Å²) in [5.41, 5.74) is 2.10. The van der Waals surface area contributed by atoms with E-state index in [1.54, 1.807) is 18.2 Å². The lowest BCUT2D eigenvalue weighted by Crippen LogP contribution is -2.55. The Morgan fingerprint density at radius 3 is 2.00 bits per heavy atom. The Bertz CT molecular complexity index is 1120. The number of hydrogen-bond donors (Lipinski definition) is 2. The third-order valence-electron chi connectivity index (χ3n) is 7.80. The number of sulfone groups is 1. The Kier molecular flexibility index (Phi) is 4.14. The number of carbonyl (C=O) groups is 1. The first-order valence-electron chi connectivity index (χ1n) is 10.5. The normalized spacial score (nSPS) is 32.3. The van der Waals surface area contributed by atoms with E-state index in [1.807, 2.05) is 18.2 Å². The standard InChI is InChI=1S/C24H26O5S/c1-30(28,29)19-5-2-17(3-6-19)23-10-15-8-16(11-23)13-24(12-15,14-23)18-4-7-21(25)20(9-18)22(26)27/h2-7,9,15-16,25H,8,10-14H2,1H3,(H,26,27). The number of rotatable bonds is 4. The van der Waals surface area contributed by atoms with Gasteiger partial charge >= 0.3 is 5.97 Å². The van der Waals surface area contributed by atoms with E-state index in [1.165, 1.54) is 24.3 Å². The van der Waals surface area contributed by atoms with Gasteiger partial charge in [-0.3, -0.25) is 0 Å². The molecule has 0 aliphatic heterocycles. The molecular formula is C24H26O5S. The van der Waals surface area contributed by atoms with Crippen molar-refractivity contribution in [1.29, 1.82) is 0 Å². The number of aromatic hydroxyl groups is 1. The third kappa shape index (κ3) is 2.96. The van der Waals surface area contributed by atoms with E-state index >= 15 is 0 Å². The molecule has 2 atom stereocenters. The molecule has 0 amide bonds. The Morgan fingerprint density at radius 2 is 1.47 bits per heavy atom. The fourth-order valence-corrected chi connectivity index (χ4v) is 7.66. The fourth-order valence-electron chi connectivity index (χ4n) is 7.03. The van der Waals surface area contributed by atoms with E-state index in [9.17, 15) is 23.4 Å². The van der Waals surface area contributed by atoms with E-state index in [0.29, 0.717) is 16.7 Å². The minimum Gasteiger partial charge on any atom is -0.507 e. The van der Waals surface area contributed by atoms with Gasteiger partial charge in [0.15, 0.2) is 9.84 Å². The van der Waals surface area contributed by atoms with Gasteiger partial charge in [-0.25, -0.2) is 13.2 Å². The van der Waals surface area contributed by atoms with Crippen molar-refractivity contribution in [3.63, 3.8) is 0 Å². The molecule has 2 unspecified atom stereocenters. The molecule has 4 fully saturated rings. The van der Waals surface area contributed by atoms with Crippen molar-refractivity contribution in [3.8, 4) is 5.75 Å². The minimum atomic E-state index is -3.23. The summed E-state index contributed by atoms with van der Waals surface area (Å²) >= 11 is 0. The molecule has 30 heavy (non-hydrogen) atoms. The van der Waals surface area contributed by atoms with Crippen molar-refractivity contribution in [2.45, 2.75) is 54.3 Å². The molecular weight excluding hydrogens is 400 g/mol. The van der Waals surface area contributed by atoms with Crippen LogP contribution in [0.5, 0.6) is 5.75 Å². The van der Waals surface area contributed by atoms with Gasteiger partial charge < -0.3 is 10.2 Å².